The second kappa shape index (κ2) is 7.96. The second-order valence-corrected chi connectivity index (χ2v) is 8.66. The lowest BCUT2D eigenvalue weighted by Crippen LogP contribution is -2.27. The fourth-order valence-corrected chi connectivity index (χ4v) is 4.73. The molecule has 168 valence electrons. The minimum atomic E-state index is -0.470. The number of fused-ring (bicyclic) bond motifs is 1. The van der Waals surface area contributed by atoms with Crippen LogP contribution in [0.15, 0.2) is 39.8 Å². The molecule has 0 spiro atoms. The van der Waals surface area contributed by atoms with E-state index in [0.29, 0.717) is 35.3 Å². The highest BCUT2D eigenvalue weighted by molar-refractivity contribution is 5.78. The molecule has 9 heteroatoms. The fourth-order valence-electron chi connectivity index (χ4n) is 4.73. The number of halogens is 1. The number of imidazole rings is 1. The zero-order valence-electron chi connectivity index (χ0n) is 18.4. The van der Waals surface area contributed by atoms with E-state index in [1.54, 1.807) is 17.7 Å². The number of rotatable bonds is 5. The molecule has 3 aromatic heterocycles. The van der Waals surface area contributed by atoms with Crippen molar-refractivity contribution in [2.45, 2.75) is 38.1 Å². The van der Waals surface area contributed by atoms with Crippen LogP contribution < -0.4 is 10.4 Å². The maximum Gasteiger partial charge on any atom is 0.328 e. The van der Waals surface area contributed by atoms with Gasteiger partial charge in [0, 0.05) is 51.1 Å². The van der Waals surface area contributed by atoms with Crippen LogP contribution in [-0.4, -0.2) is 31.0 Å². The van der Waals surface area contributed by atoms with E-state index in [9.17, 15) is 9.18 Å². The zero-order valence-corrected chi connectivity index (χ0v) is 18.4. The smallest absolute Gasteiger partial charge is 0.328 e. The van der Waals surface area contributed by atoms with Gasteiger partial charge in [0.1, 0.15) is 0 Å². The molecule has 1 aliphatic carbocycles. The Morgan fingerprint density at radius 2 is 1.94 bits per heavy atom. The van der Waals surface area contributed by atoms with Gasteiger partial charge in [0.25, 0.3) is 0 Å². The molecule has 1 saturated carbocycles. The van der Waals surface area contributed by atoms with Crippen molar-refractivity contribution in [3.05, 3.63) is 52.8 Å². The summed E-state index contributed by atoms with van der Waals surface area (Å²) in [5, 5.41) is 8.50. The largest absolute Gasteiger partial charge is 0.494 e. The third kappa shape index (κ3) is 3.51. The molecule has 4 aromatic rings. The molecular weight excluding hydrogens is 413 g/mol. The van der Waals surface area contributed by atoms with Crippen molar-refractivity contribution < 1.29 is 13.5 Å². The topological polar surface area (TPSA) is 80.0 Å². The van der Waals surface area contributed by atoms with Gasteiger partial charge in [-0.2, -0.15) is 0 Å². The molecule has 8 nitrogen and oxygen atoms in total. The summed E-state index contributed by atoms with van der Waals surface area (Å²) in [6.45, 7) is 0.594. The summed E-state index contributed by atoms with van der Waals surface area (Å²) in [4.78, 5) is 12.8. The van der Waals surface area contributed by atoms with Crippen LogP contribution in [0.5, 0.6) is 5.75 Å². The summed E-state index contributed by atoms with van der Waals surface area (Å²) in [6, 6.07) is 4.93. The Balaban J connectivity index is 1.30. The molecule has 0 atom stereocenters. The third-order valence-electron chi connectivity index (χ3n) is 6.58. The van der Waals surface area contributed by atoms with Crippen LogP contribution in [0.4, 0.5) is 4.39 Å². The first-order valence-corrected chi connectivity index (χ1v) is 10.8. The Morgan fingerprint density at radius 1 is 1.16 bits per heavy atom. The number of nitrogens with zero attached hydrogens (tertiary/aromatic N) is 5. The number of ether oxygens (including phenoxy) is 1. The zero-order chi connectivity index (χ0) is 22.4. The predicted octanol–water partition coefficient (Wildman–Crippen LogP) is 3.85. The number of benzene rings is 1. The van der Waals surface area contributed by atoms with Gasteiger partial charge in [-0.1, -0.05) is 0 Å². The van der Waals surface area contributed by atoms with E-state index in [-0.39, 0.29) is 17.4 Å². The first kappa shape index (κ1) is 20.5. The van der Waals surface area contributed by atoms with Crippen molar-refractivity contribution in [1.82, 2.24) is 23.9 Å². The average Bonchev–Trinajstić information content (AvgIpc) is 3.50. The van der Waals surface area contributed by atoms with E-state index >= 15 is 0 Å². The normalized spacial score (nSPS) is 19.0. The number of hydrogen-bond donors (Lipinski definition) is 0. The standard InChI is InChI=1S/C23H26FN5O3/c1-27-9-8-16(13-27)22-26-25-21(32-22)15-6-4-14(5-7-15)12-29-19-11-20(31-3)17(24)10-18(19)28(2)23(29)30/h8-11,13-15H,4-7,12H2,1-3H3. The number of aromatic nitrogens is 5. The number of methoxy groups -OCH3 is 1. The Hall–Kier alpha value is -3.36. The van der Waals surface area contributed by atoms with Crippen LogP contribution >= 0.6 is 0 Å². The summed E-state index contributed by atoms with van der Waals surface area (Å²) in [5.74, 6) is 1.49. The van der Waals surface area contributed by atoms with Crippen molar-refractivity contribution >= 4 is 11.0 Å². The molecule has 0 amide bonds. The summed E-state index contributed by atoms with van der Waals surface area (Å²) < 4.78 is 30.4. The van der Waals surface area contributed by atoms with Gasteiger partial charge in [0.05, 0.1) is 23.7 Å². The number of hydrogen-bond acceptors (Lipinski definition) is 5. The van der Waals surface area contributed by atoms with Crippen molar-refractivity contribution in [2.24, 2.45) is 20.0 Å². The van der Waals surface area contributed by atoms with Gasteiger partial charge in [0.2, 0.25) is 11.8 Å². The quantitative estimate of drug-likeness (QED) is 0.472. The highest BCUT2D eigenvalue weighted by Crippen LogP contribution is 2.37. The summed E-state index contributed by atoms with van der Waals surface area (Å²) in [5.41, 5.74) is 2.05. The van der Waals surface area contributed by atoms with Crippen molar-refractivity contribution in [3.8, 4) is 17.2 Å². The first-order chi connectivity index (χ1) is 15.4. The van der Waals surface area contributed by atoms with Gasteiger partial charge in [-0.05, 0) is 37.7 Å². The van der Waals surface area contributed by atoms with Gasteiger partial charge in [-0.15, -0.1) is 10.2 Å². The molecule has 0 unspecified atom stereocenters. The lowest BCUT2D eigenvalue weighted by atomic mass is 9.82. The van der Waals surface area contributed by atoms with Crippen molar-refractivity contribution in [1.29, 1.82) is 0 Å². The SMILES string of the molecule is COc1cc2c(cc1F)n(C)c(=O)n2CC1CCC(c2nnc(-c3ccn(C)c3)o2)CC1. The van der Waals surface area contributed by atoms with E-state index in [0.717, 1.165) is 31.2 Å². The second-order valence-electron chi connectivity index (χ2n) is 8.66. The molecule has 0 radical (unpaired) electrons. The van der Waals surface area contributed by atoms with Gasteiger partial charge >= 0.3 is 5.69 Å². The Kier molecular flexibility index (Phi) is 5.11. The summed E-state index contributed by atoms with van der Waals surface area (Å²) in [7, 11) is 5.05. The molecule has 1 aliphatic rings. The van der Waals surface area contributed by atoms with Crippen LogP contribution in [0.2, 0.25) is 0 Å². The monoisotopic (exact) mass is 439 g/mol. The van der Waals surface area contributed by atoms with Gasteiger partial charge < -0.3 is 13.7 Å². The van der Waals surface area contributed by atoms with Crippen molar-refractivity contribution in [3.63, 3.8) is 0 Å². The van der Waals surface area contributed by atoms with E-state index in [4.69, 9.17) is 9.15 Å². The Bertz CT molecular complexity index is 1320. The molecule has 32 heavy (non-hydrogen) atoms. The lowest BCUT2D eigenvalue weighted by Gasteiger charge is -2.26. The Morgan fingerprint density at radius 3 is 2.62 bits per heavy atom. The van der Waals surface area contributed by atoms with E-state index in [1.807, 2.05) is 30.1 Å². The maximum atomic E-state index is 14.1. The molecule has 1 aromatic carbocycles. The summed E-state index contributed by atoms with van der Waals surface area (Å²) >= 11 is 0. The first-order valence-electron chi connectivity index (χ1n) is 10.8. The Labute approximate surface area is 184 Å². The molecule has 0 bridgehead atoms. The third-order valence-corrected chi connectivity index (χ3v) is 6.58. The average molecular weight is 439 g/mol. The van der Waals surface area contributed by atoms with Crippen LogP contribution in [0.1, 0.15) is 37.5 Å². The van der Waals surface area contributed by atoms with Crippen LogP contribution in [0, 0.1) is 11.7 Å². The number of aryl methyl sites for hydroxylation is 2. The lowest BCUT2D eigenvalue weighted by molar-refractivity contribution is 0.270. The molecule has 5 rings (SSSR count). The minimum Gasteiger partial charge on any atom is -0.494 e. The molecule has 1 fully saturated rings. The van der Waals surface area contributed by atoms with E-state index in [2.05, 4.69) is 10.2 Å². The van der Waals surface area contributed by atoms with Crippen LogP contribution in [0.25, 0.3) is 22.5 Å². The van der Waals surface area contributed by atoms with E-state index in [1.165, 1.54) is 17.7 Å². The highest BCUT2D eigenvalue weighted by atomic mass is 19.1. The molecule has 0 aliphatic heterocycles. The minimum absolute atomic E-state index is 0.140. The van der Waals surface area contributed by atoms with E-state index < -0.39 is 5.82 Å². The maximum absolute atomic E-state index is 14.1. The fraction of sp³-hybridized carbons (Fsp3) is 0.435. The highest BCUT2D eigenvalue weighted by Gasteiger charge is 2.28. The van der Waals surface area contributed by atoms with Crippen molar-refractivity contribution in [2.75, 3.05) is 7.11 Å². The summed E-state index contributed by atoms with van der Waals surface area (Å²) in [6.07, 6.45) is 7.67. The molecule has 0 N–H and O–H groups in total. The molecule has 0 saturated heterocycles. The molecular formula is C23H26FN5O3. The molecule has 3 heterocycles. The van der Waals surface area contributed by atoms with Crippen LogP contribution in [-0.2, 0) is 20.6 Å². The van der Waals surface area contributed by atoms with Gasteiger partial charge in [0.15, 0.2) is 11.6 Å². The van der Waals surface area contributed by atoms with Gasteiger partial charge in [-0.25, -0.2) is 9.18 Å². The van der Waals surface area contributed by atoms with Gasteiger partial charge in [-0.3, -0.25) is 9.13 Å². The van der Waals surface area contributed by atoms with Crippen LogP contribution in [0.3, 0.4) is 0 Å². The predicted molar refractivity (Wildman–Crippen MR) is 117 cm³/mol.